The topological polar surface area (TPSA) is 9.23 Å². The third-order valence-corrected chi connectivity index (χ3v) is 8.54. The molecule has 0 bridgehead atoms. The number of hydrogen-bond donors (Lipinski definition) is 0. The minimum absolute atomic E-state index is 0.912. The molecule has 1 saturated heterocycles. The molecule has 0 amide bonds. The fourth-order valence-corrected chi connectivity index (χ4v) is 7.52. The van der Waals surface area contributed by atoms with E-state index in [1.54, 1.807) is 0 Å². The zero-order valence-corrected chi connectivity index (χ0v) is 12.4. The highest BCUT2D eigenvalue weighted by molar-refractivity contribution is 6.97. The fraction of sp³-hybridized carbons (Fsp3) is 0.294. The van der Waals surface area contributed by atoms with Crippen molar-refractivity contribution in [2.45, 2.75) is 25.8 Å². The molecule has 1 unspecified atom stereocenters. The predicted molar refractivity (Wildman–Crippen MR) is 82.6 cm³/mol. The van der Waals surface area contributed by atoms with Crippen molar-refractivity contribution in [3.8, 4) is 0 Å². The smallest absolute Gasteiger partial charge is 0.255 e. The average Bonchev–Trinajstić information content (AvgIpc) is 2.49. The van der Waals surface area contributed by atoms with Gasteiger partial charge in [-0.15, -0.1) is 0 Å². The molecular weight excluding hydrogens is 248 g/mol. The van der Waals surface area contributed by atoms with Crippen LogP contribution in [0.15, 0.2) is 54.6 Å². The summed E-state index contributed by atoms with van der Waals surface area (Å²) in [6.07, 6.45) is 2.49. The SMILES string of the molecule is Cc1ccccc1[Si]1(c2ccccc2)CCCCO1. The van der Waals surface area contributed by atoms with Crippen LogP contribution in [0.2, 0.25) is 6.04 Å². The minimum Gasteiger partial charge on any atom is -0.408 e. The Labute approximate surface area is 116 Å². The molecule has 0 spiro atoms. The van der Waals surface area contributed by atoms with Crippen molar-refractivity contribution < 1.29 is 4.43 Å². The summed E-state index contributed by atoms with van der Waals surface area (Å²) in [6, 6.07) is 20.8. The summed E-state index contributed by atoms with van der Waals surface area (Å²) in [6.45, 7) is 3.13. The van der Waals surface area contributed by atoms with Gasteiger partial charge in [0, 0.05) is 6.61 Å². The third kappa shape index (κ3) is 2.26. The lowest BCUT2D eigenvalue weighted by molar-refractivity contribution is 0.283. The van der Waals surface area contributed by atoms with Gasteiger partial charge in [-0.1, -0.05) is 61.0 Å². The molecule has 1 nitrogen and oxygen atoms in total. The summed E-state index contributed by atoms with van der Waals surface area (Å²) < 4.78 is 6.46. The van der Waals surface area contributed by atoms with E-state index in [1.165, 1.54) is 34.8 Å². The normalized spacial score (nSPS) is 23.2. The maximum atomic E-state index is 6.46. The predicted octanol–water partition coefficient (Wildman–Crippen LogP) is 2.87. The van der Waals surface area contributed by atoms with Crippen LogP contribution in [0.25, 0.3) is 0 Å². The molecule has 1 atom stereocenters. The lowest BCUT2D eigenvalue weighted by Crippen LogP contribution is -2.62. The lowest BCUT2D eigenvalue weighted by atomic mass is 10.2. The first kappa shape index (κ1) is 12.6. The summed E-state index contributed by atoms with van der Waals surface area (Å²) >= 11 is 0. The second-order valence-corrected chi connectivity index (χ2v) is 8.87. The van der Waals surface area contributed by atoms with Gasteiger partial charge in [0.1, 0.15) is 0 Å². The maximum absolute atomic E-state index is 6.46. The van der Waals surface area contributed by atoms with Gasteiger partial charge in [-0.2, -0.15) is 0 Å². The van der Waals surface area contributed by atoms with Crippen LogP contribution in [0.3, 0.4) is 0 Å². The first-order valence-electron chi connectivity index (χ1n) is 7.08. The molecule has 1 fully saturated rings. The molecular formula is C17H20OSi. The van der Waals surface area contributed by atoms with Gasteiger partial charge >= 0.3 is 0 Å². The summed E-state index contributed by atoms with van der Waals surface area (Å²) in [7, 11) is -1.98. The van der Waals surface area contributed by atoms with Crippen LogP contribution < -0.4 is 10.4 Å². The molecule has 2 aromatic carbocycles. The van der Waals surface area contributed by atoms with Gasteiger partial charge in [-0.25, -0.2) is 0 Å². The summed E-state index contributed by atoms with van der Waals surface area (Å²) in [5, 5.41) is 2.88. The molecule has 3 rings (SSSR count). The summed E-state index contributed by atoms with van der Waals surface area (Å²) in [5.41, 5.74) is 1.37. The first-order valence-corrected chi connectivity index (χ1v) is 9.20. The van der Waals surface area contributed by atoms with Crippen molar-refractivity contribution in [3.63, 3.8) is 0 Å². The van der Waals surface area contributed by atoms with Crippen LogP contribution in [0, 0.1) is 6.92 Å². The van der Waals surface area contributed by atoms with Crippen molar-refractivity contribution in [2.75, 3.05) is 6.61 Å². The Kier molecular flexibility index (Phi) is 3.54. The van der Waals surface area contributed by atoms with Crippen molar-refractivity contribution in [3.05, 3.63) is 60.2 Å². The molecule has 2 heteroatoms. The fourth-order valence-electron chi connectivity index (χ4n) is 3.12. The number of rotatable bonds is 2. The molecule has 19 heavy (non-hydrogen) atoms. The molecule has 1 heterocycles. The first-order chi connectivity index (χ1) is 9.33. The van der Waals surface area contributed by atoms with E-state index in [0.29, 0.717) is 0 Å². The van der Waals surface area contributed by atoms with Crippen LogP contribution in [-0.4, -0.2) is 14.9 Å². The monoisotopic (exact) mass is 268 g/mol. The van der Waals surface area contributed by atoms with Gasteiger partial charge < -0.3 is 4.43 Å². The molecule has 0 N–H and O–H groups in total. The van der Waals surface area contributed by atoms with Crippen LogP contribution in [0.5, 0.6) is 0 Å². The number of hydrogen-bond acceptors (Lipinski definition) is 1. The summed E-state index contributed by atoms with van der Waals surface area (Å²) in [4.78, 5) is 0. The van der Waals surface area contributed by atoms with Gasteiger partial charge in [-0.05, 0) is 35.3 Å². The van der Waals surface area contributed by atoms with E-state index in [9.17, 15) is 0 Å². The Balaban J connectivity index is 2.15. The van der Waals surface area contributed by atoms with Crippen molar-refractivity contribution in [1.82, 2.24) is 0 Å². The van der Waals surface area contributed by atoms with Gasteiger partial charge in [0.05, 0.1) is 0 Å². The van der Waals surface area contributed by atoms with Crippen LogP contribution >= 0.6 is 0 Å². The Morgan fingerprint density at radius 1 is 0.895 bits per heavy atom. The number of benzene rings is 2. The lowest BCUT2D eigenvalue weighted by Gasteiger charge is -2.36. The van der Waals surface area contributed by atoms with Crippen molar-refractivity contribution in [1.29, 1.82) is 0 Å². The number of aryl methyl sites for hydroxylation is 1. The molecule has 0 radical (unpaired) electrons. The van der Waals surface area contributed by atoms with Crippen molar-refractivity contribution in [2.24, 2.45) is 0 Å². The molecule has 98 valence electrons. The summed E-state index contributed by atoms with van der Waals surface area (Å²) in [5.74, 6) is 0. The average molecular weight is 268 g/mol. The molecule has 0 saturated carbocycles. The Morgan fingerprint density at radius 2 is 1.63 bits per heavy atom. The highest BCUT2D eigenvalue weighted by Gasteiger charge is 2.41. The maximum Gasteiger partial charge on any atom is 0.255 e. The molecule has 1 aliphatic rings. The van der Waals surface area contributed by atoms with E-state index in [2.05, 4.69) is 61.5 Å². The quantitative estimate of drug-likeness (QED) is 0.761. The highest BCUT2D eigenvalue weighted by Crippen LogP contribution is 2.23. The molecule has 1 aliphatic heterocycles. The largest absolute Gasteiger partial charge is 0.408 e. The van der Waals surface area contributed by atoms with Gasteiger partial charge in [-0.3, -0.25) is 0 Å². The van der Waals surface area contributed by atoms with Crippen LogP contribution in [0.1, 0.15) is 18.4 Å². The van der Waals surface area contributed by atoms with Crippen LogP contribution in [0.4, 0.5) is 0 Å². The second kappa shape index (κ2) is 5.31. The van der Waals surface area contributed by atoms with Crippen LogP contribution in [-0.2, 0) is 4.43 Å². The van der Waals surface area contributed by atoms with E-state index in [-0.39, 0.29) is 0 Å². The van der Waals surface area contributed by atoms with Gasteiger partial charge in [0.15, 0.2) is 0 Å². The minimum atomic E-state index is -1.98. The highest BCUT2D eigenvalue weighted by atomic mass is 28.4. The second-order valence-electron chi connectivity index (χ2n) is 5.31. The van der Waals surface area contributed by atoms with E-state index in [4.69, 9.17) is 4.43 Å². The molecule has 0 aliphatic carbocycles. The molecule has 0 aromatic heterocycles. The zero-order chi connectivity index (χ0) is 13.1. The van der Waals surface area contributed by atoms with E-state index >= 15 is 0 Å². The third-order valence-electron chi connectivity index (χ3n) is 4.09. The molecule has 2 aromatic rings. The van der Waals surface area contributed by atoms with Gasteiger partial charge in [0.25, 0.3) is 8.32 Å². The van der Waals surface area contributed by atoms with Gasteiger partial charge in [0.2, 0.25) is 0 Å². The van der Waals surface area contributed by atoms with E-state index < -0.39 is 8.32 Å². The Hall–Kier alpha value is -1.38. The standard InChI is InChI=1S/C17H20OSi/c1-15-9-5-6-12-17(15)19(14-8-7-13-18-19)16-10-3-2-4-11-16/h2-6,9-12H,7-8,13-14H2,1H3. The van der Waals surface area contributed by atoms with E-state index in [0.717, 1.165) is 6.61 Å². The van der Waals surface area contributed by atoms with Crippen molar-refractivity contribution >= 4 is 18.7 Å². The Bertz CT molecular complexity index is 544. The zero-order valence-electron chi connectivity index (χ0n) is 11.4. The van der Waals surface area contributed by atoms with E-state index in [1.807, 2.05) is 0 Å². The Morgan fingerprint density at radius 3 is 2.32 bits per heavy atom.